The van der Waals surface area contributed by atoms with E-state index < -0.39 is 6.04 Å². The molecule has 2 unspecified atom stereocenters. The van der Waals surface area contributed by atoms with Gasteiger partial charge in [0.15, 0.2) is 0 Å². The van der Waals surface area contributed by atoms with Crippen LogP contribution < -0.4 is 11.1 Å². The molecule has 0 spiro atoms. The number of nitrogens with two attached hydrogens (primary N) is 1. The maximum atomic E-state index is 12.1. The molecule has 0 saturated carbocycles. The second-order valence-electron chi connectivity index (χ2n) is 5.02. The fourth-order valence-corrected chi connectivity index (χ4v) is 3.01. The Kier molecular flexibility index (Phi) is 4.90. The van der Waals surface area contributed by atoms with Crippen molar-refractivity contribution in [3.8, 4) is 0 Å². The van der Waals surface area contributed by atoms with E-state index in [9.17, 15) is 4.79 Å². The Hall–Kier alpha value is -0.980. The molecule has 1 aromatic heterocycles. The summed E-state index contributed by atoms with van der Waals surface area (Å²) >= 11 is 1.60. The van der Waals surface area contributed by atoms with Crippen LogP contribution in [0.2, 0.25) is 0 Å². The first-order valence-corrected chi connectivity index (χ1v) is 7.45. The summed E-state index contributed by atoms with van der Waals surface area (Å²) in [5.41, 5.74) is 6.04. The molecule has 19 heavy (non-hydrogen) atoms. The van der Waals surface area contributed by atoms with Crippen molar-refractivity contribution in [3.63, 3.8) is 0 Å². The van der Waals surface area contributed by atoms with Crippen LogP contribution in [0.4, 0.5) is 0 Å². The number of amides is 1. The quantitative estimate of drug-likeness (QED) is 0.875. The molecule has 1 aliphatic rings. The van der Waals surface area contributed by atoms with Gasteiger partial charge in [-0.05, 0) is 32.6 Å². The number of hydrogen-bond donors (Lipinski definition) is 2. The topological polar surface area (TPSA) is 77.2 Å². The zero-order chi connectivity index (χ0) is 13.8. The third-order valence-electron chi connectivity index (χ3n) is 3.44. The van der Waals surface area contributed by atoms with Crippen LogP contribution in [0.3, 0.4) is 0 Å². The Bertz CT molecular complexity index is 429. The number of ether oxygens (including phenoxy) is 1. The first-order valence-electron chi connectivity index (χ1n) is 6.64. The van der Waals surface area contributed by atoms with Crippen molar-refractivity contribution in [2.24, 2.45) is 11.7 Å². The van der Waals surface area contributed by atoms with Gasteiger partial charge in [0.1, 0.15) is 5.01 Å². The van der Waals surface area contributed by atoms with E-state index in [4.69, 9.17) is 10.5 Å². The van der Waals surface area contributed by atoms with Gasteiger partial charge in [0, 0.05) is 24.3 Å². The van der Waals surface area contributed by atoms with Crippen molar-refractivity contribution in [3.05, 3.63) is 16.1 Å². The SMILES string of the molecule is Cc1cnc(C(C)NC(=O)C(N)C2CCOCC2)s1. The third kappa shape index (κ3) is 3.75. The Morgan fingerprint density at radius 3 is 2.84 bits per heavy atom. The Morgan fingerprint density at radius 2 is 2.26 bits per heavy atom. The molecule has 0 radical (unpaired) electrons. The van der Waals surface area contributed by atoms with Gasteiger partial charge in [0.2, 0.25) is 5.91 Å². The molecule has 106 valence electrons. The summed E-state index contributed by atoms with van der Waals surface area (Å²) in [6, 6.07) is -0.538. The van der Waals surface area contributed by atoms with Crippen molar-refractivity contribution >= 4 is 17.2 Å². The molecule has 2 heterocycles. The molecule has 5 nitrogen and oxygen atoms in total. The monoisotopic (exact) mass is 283 g/mol. The third-order valence-corrected chi connectivity index (χ3v) is 4.54. The van der Waals surface area contributed by atoms with E-state index in [-0.39, 0.29) is 17.9 Å². The molecule has 1 amide bonds. The van der Waals surface area contributed by atoms with Crippen molar-refractivity contribution in [1.29, 1.82) is 0 Å². The average Bonchev–Trinajstić information content (AvgIpc) is 2.85. The lowest BCUT2D eigenvalue weighted by molar-refractivity contribution is -0.125. The van der Waals surface area contributed by atoms with Gasteiger partial charge in [-0.3, -0.25) is 4.79 Å². The second kappa shape index (κ2) is 6.45. The number of nitrogens with zero attached hydrogens (tertiary/aromatic N) is 1. The van der Waals surface area contributed by atoms with Gasteiger partial charge in [0.05, 0.1) is 12.1 Å². The summed E-state index contributed by atoms with van der Waals surface area (Å²) in [5, 5.41) is 3.87. The standard InChI is InChI=1S/C13H21N3O2S/c1-8-7-15-13(19-8)9(2)16-12(17)11(14)10-3-5-18-6-4-10/h7,9-11H,3-6,14H2,1-2H3,(H,16,17). The number of hydrogen-bond acceptors (Lipinski definition) is 5. The van der Waals surface area contributed by atoms with Gasteiger partial charge in [-0.15, -0.1) is 11.3 Å². The molecule has 6 heteroatoms. The highest BCUT2D eigenvalue weighted by molar-refractivity contribution is 7.11. The van der Waals surface area contributed by atoms with Crippen LogP contribution in [0.25, 0.3) is 0 Å². The lowest BCUT2D eigenvalue weighted by Crippen LogP contribution is -2.47. The molecule has 1 fully saturated rings. The maximum Gasteiger partial charge on any atom is 0.237 e. The summed E-state index contributed by atoms with van der Waals surface area (Å²) in [7, 11) is 0. The van der Waals surface area contributed by atoms with Crippen molar-refractivity contribution in [2.75, 3.05) is 13.2 Å². The number of aryl methyl sites for hydroxylation is 1. The molecule has 1 aliphatic heterocycles. The summed E-state index contributed by atoms with van der Waals surface area (Å²) in [6.45, 7) is 5.34. The zero-order valence-electron chi connectivity index (χ0n) is 11.4. The zero-order valence-corrected chi connectivity index (χ0v) is 12.2. The summed E-state index contributed by atoms with van der Waals surface area (Å²) in [5.74, 6) is 0.131. The molecule has 0 aliphatic carbocycles. The van der Waals surface area contributed by atoms with E-state index in [1.807, 2.05) is 20.0 Å². The first kappa shape index (κ1) is 14.4. The van der Waals surface area contributed by atoms with Crippen LogP contribution in [-0.2, 0) is 9.53 Å². The highest BCUT2D eigenvalue weighted by atomic mass is 32.1. The molecular weight excluding hydrogens is 262 g/mol. The van der Waals surface area contributed by atoms with E-state index in [2.05, 4.69) is 10.3 Å². The maximum absolute atomic E-state index is 12.1. The summed E-state index contributed by atoms with van der Waals surface area (Å²) < 4.78 is 5.29. The average molecular weight is 283 g/mol. The van der Waals surface area contributed by atoms with Crippen molar-refractivity contribution in [1.82, 2.24) is 10.3 Å². The van der Waals surface area contributed by atoms with Crippen LogP contribution in [0.15, 0.2) is 6.20 Å². The minimum Gasteiger partial charge on any atom is -0.381 e. The largest absolute Gasteiger partial charge is 0.381 e. The fraction of sp³-hybridized carbons (Fsp3) is 0.692. The molecule has 2 rings (SSSR count). The van der Waals surface area contributed by atoms with Crippen LogP contribution >= 0.6 is 11.3 Å². The number of aromatic nitrogens is 1. The van der Waals surface area contributed by atoms with Gasteiger partial charge in [0.25, 0.3) is 0 Å². The Morgan fingerprint density at radius 1 is 1.58 bits per heavy atom. The Labute approximate surface area is 117 Å². The lowest BCUT2D eigenvalue weighted by Gasteiger charge is -2.27. The molecule has 0 aromatic carbocycles. The van der Waals surface area contributed by atoms with E-state index in [1.54, 1.807) is 11.3 Å². The molecular formula is C13H21N3O2S. The van der Waals surface area contributed by atoms with Crippen LogP contribution in [-0.4, -0.2) is 30.1 Å². The number of carbonyl (C=O) groups is 1. The number of rotatable bonds is 4. The van der Waals surface area contributed by atoms with Crippen LogP contribution in [0.1, 0.15) is 35.7 Å². The van der Waals surface area contributed by atoms with Gasteiger partial charge >= 0.3 is 0 Å². The van der Waals surface area contributed by atoms with Gasteiger partial charge in [-0.2, -0.15) is 0 Å². The molecule has 1 saturated heterocycles. The number of carbonyl (C=O) groups excluding carboxylic acids is 1. The van der Waals surface area contributed by atoms with Crippen LogP contribution in [0.5, 0.6) is 0 Å². The van der Waals surface area contributed by atoms with E-state index >= 15 is 0 Å². The van der Waals surface area contributed by atoms with Gasteiger partial charge < -0.3 is 15.8 Å². The smallest absolute Gasteiger partial charge is 0.237 e. The molecule has 1 aromatic rings. The minimum absolute atomic E-state index is 0.0860. The van der Waals surface area contributed by atoms with Crippen molar-refractivity contribution in [2.45, 2.75) is 38.8 Å². The van der Waals surface area contributed by atoms with E-state index in [0.717, 1.165) is 22.7 Å². The molecule has 0 bridgehead atoms. The minimum atomic E-state index is -0.451. The fourth-order valence-electron chi connectivity index (χ4n) is 2.23. The predicted octanol–water partition coefficient (Wildman–Crippen LogP) is 1.38. The normalized spacial score (nSPS) is 19.9. The molecule has 2 atom stereocenters. The first-order chi connectivity index (χ1) is 9.08. The van der Waals surface area contributed by atoms with Gasteiger partial charge in [-0.25, -0.2) is 4.98 Å². The number of thiazole rings is 1. The van der Waals surface area contributed by atoms with E-state index in [0.29, 0.717) is 13.2 Å². The highest BCUT2D eigenvalue weighted by Crippen LogP contribution is 2.21. The lowest BCUT2D eigenvalue weighted by atomic mass is 9.92. The second-order valence-corrected chi connectivity index (χ2v) is 6.28. The number of nitrogens with one attached hydrogen (secondary N) is 1. The summed E-state index contributed by atoms with van der Waals surface area (Å²) in [4.78, 5) is 17.6. The molecule has 3 N–H and O–H groups in total. The van der Waals surface area contributed by atoms with Gasteiger partial charge in [-0.1, -0.05) is 0 Å². The highest BCUT2D eigenvalue weighted by Gasteiger charge is 2.27. The van der Waals surface area contributed by atoms with Crippen molar-refractivity contribution < 1.29 is 9.53 Å². The predicted molar refractivity (Wildman–Crippen MR) is 74.9 cm³/mol. The summed E-state index contributed by atoms with van der Waals surface area (Å²) in [6.07, 6.45) is 3.54. The van der Waals surface area contributed by atoms with Crippen LogP contribution in [0, 0.1) is 12.8 Å². The van der Waals surface area contributed by atoms with E-state index in [1.165, 1.54) is 0 Å². The Balaban J connectivity index is 1.89.